The van der Waals surface area contributed by atoms with E-state index in [-0.39, 0.29) is 19.0 Å². The third-order valence-electron chi connectivity index (χ3n) is 4.20. The minimum absolute atomic E-state index is 0.210. The van der Waals surface area contributed by atoms with Crippen molar-refractivity contribution in [2.45, 2.75) is 6.42 Å². The van der Waals surface area contributed by atoms with E-state index in [2.05, 4.69) is 4.98 Å². The van der Waals surface area contributed by atoms with Gasteiger partial charge in [0.25, 0.3) is 5.91 Å². The van der Waals surface area contributed by atoms with Gasteiger partial charge in [-0.05, 0) is 30.2 Å². The Balaban J connectivity index is 1.73. The number of primary amides is 1. The average molecular weight is 364 g/mol. The highest BCUT2D eigenvalue weighted by atomic mass is 35.5. The van der Waals surface area contributed by atoms with Gasteiger partial charge >= 0.3 is 0 Å². The molecular weight excluding hydrogens is 349 g/mol. The van der Waals surface area contributed by atoms with Crippen molar-refractivity contribution in [3.63, 3.8) is 0 Å². The Morgan fingerprint density at radius 3 is 2.38 bits per heavy atom. The van der Waals surface area contributed by atoms with Crippen LogP contribution in [0.25, 0.3) is 0 Å². The third-order valence-corrected chi connectivity index (χ3v) is 4.66. The molecule has 1 aromatic carbocycles. The molecule has 0 saturated carbocycles. The molecule has 1 aliphatic heterocycles. The van der Waals surface area contributed by atoms with Crippen molar-refractivity contribution < 1.29 is 9.59 Å². The molecule has 0 radical (unpaired) electrons. The summed E-state index contributed by atoms with van der Waals surface area (Å²) in [4.78, 5) is 29.9. The van der Waals surface area contributed by atoms with Crippen LogP contribution in [0.2, 0.25) is 10.0 Å². The molecule has 0 aliphatic carbocycles. The van der Waals surface area contributed by atoms with Gasteiger partial charge in [-0.3, -0.25) is 14.6 Å². The van der Waals surface area contributed by atoms with Gasteiger partial charge in [0, 0.05) is 30.5 Å². The Morgan fingerprint density at radius 1 is 1.12 bits per heavy atom. The van der Waals surface area contributed by atoms with Gasteiger partial charge < -0.3 is 10.6 Å². The van der Waals surface area contributed by atoms with Gasteiger partial charge in [-0.15, -0.1) is 0 Å². The maximum absolute atomic E-state index is 12.4. The smallest absolute Gasteiger partial charge is 0.255 e. The molecule has 0 spiro atoms. The van der Waals surface area contributed by atoms with Crippen LogP contribution in [0, 0.1) is 5.41 Å². The Hall–Kier alpha value is -2.11. The van der Waals surface area contributed by atoms with E-state index in [1.165, 1.54) is 12.4 Å². The average Bonchev–Trinajstić information content (AvgIpc) is 2.51. The Morgan fingerprint density at radius 2 is 1.79 bits per heavy atom. The van der Waals surface area contributed by atoms with Crippen molar-refractivity contribution in [2.75, 3.05) is 13.1 Å². The zero-order valence-corrected chi connectivity index (χ0v) is 14.2. The second kappa shape index (κ2) is 6.42. The zero-order valence-electron chi connectivity index (χ0n) is 12.7. The number of amides is 2. The molecule has 1 aromatic heterocycles. The normalized spacial score (nSPS) is 15.7. The molecule has 7 heteroatoms. The van der Waals surface area contributed by atoms with Crippen LogP contribution in [0.3, 0.4) is 0 Å². The van der Waals surface area contributed by atoms with Gasteiger partial charge in [0.15, 0.2) is 0 Å². The number of hydrogen-bond acceptors (Lipinski definition) is 3. The summed E-state index contributed by atoms with van der Waals surface area (Å²) in [6.45, 7) is 0.548. The lowest BCUT2D eigenvalue weighted by molar-refractivity contribution is -0.135. The van der Waals surface area contributed by atoms with Crippen LogP contribution in [0.5, 0.6) is 0 Å². The van der Waals surface area contributed by atoms with Crippen molar-refractivity contribution in [3.8, 4) is 0 Å². The predicted octanol–water partition coefficient (Wildman–Crippen LogP) is 2.56. The summed E-state index contributed by atoms with van der Waals surface area (Å²) in [6, 6.07) is 8.81. The fourth-order valence-electron chi connectivity index (χ4n) is 2.89. The number of aromatic nitrogens is 1. The number of carbonyl (C=O) groups excluding carboxylic acids is 2. The van der Waals surface area contributed by atoms with Crippen LogP contribution >= 0.6 is 23.2 Å². The molecule has 2 aromatic rings. The number of rotatable bonds is 4. The summed E-state index contributed by atoms with van der Waals surface area (Å²) in [5, 5.41) is 1.02. The SMILES string of the molecule is NC(=O)C1(Cc2ccc(Cl)cc2)CN(C(=O)c2cncc(Cl)c2)C1. The second-order valence-electron chi connectivity index (χ2n) is 6.00. The number of likely N-dealkylation sites (tertiary alicyclic amines) is 1. The minimum atomic E-state index is -0.754. The van der Waals surface area contributed by atoms with Gasteiger partial charge in [0.05, 0.1) is 16.0 Å². The first-order valence-electron chi connectivity index (χ1n) is 7.34. The van der Waals surface area contributed by atoms with E-state index in [0.717, 1.165) is 5.56 Å². The van der Waals surface area contributed by atoms with Crippen molar-refractivity contribution in [3.05, 3.63) is 63.9 Å². The largest absolute Gasteiger partial charge is 0.369 e. The number of nitrogens with two attached hydrogens (primary N) is 1. The number of nitrogens with zero attached hydrogens (tertiary/aromatic N) is 2. The molecule has 0 unspecified atom stereocenters. The second-order valence-corrected chi connectivity index (χ2v) is 6.87. The van der Waals surface area contributed by atoms with E-state index in [0.29, 0.717) is 22.0 Å². The van der Waals surface area contributed by atoms with Crippen molar-refractivity contribution in [1.29, 1.82) is 0 Å². The van der Waals surface area contributed by atoms with Crippen LogP contribution in [-0.2, 0) is 11.2 Å². The highest BCUT2D eigenvalue weighted by Gasteiger charge is 2.49. The Kier molecular flexibility index (Phi) is 4.47. The molecule has 0 bridgehead atoms. The number of halogens is 2. The van der Waals surface area contributed by atoms with Crippen LogP contribution in [0.4, 0.5) is 0 Å². The van der Waals surface area contributed by atoms with Crippen molar-refractivity contribution >= 4 is 35.0 Å². The maximum Gasteiger partial charge on any atom is 0.255 e. The third kappa shape index (κ3) is 3.23. The lowest BCUT2D eigenvalue weighted by atomic mass is 9.74. The van der Waals surface area contributed by atoms with E-state index in [4.69, 9.17) is 28.9 Å². The molecule has 3 rings (SSSR count). The lowest BCUT2D eigenvalue weighted by Gasteiger charge is -2.48. The van der Waals surface area contributed by atoms with Crippen LogP contribution in [0.15, 0.2) is 42.7 Å². The zero-order chi connectivity index (χ0) is 17.3. The standard InChI is InChI=1S/C17H15Cl2N3O2/c18-13-3-1-11(2-4-13)6-17(16(20)24)9-22(10-17)15(23)12-5-14(19)8-21-7-12/h1-5,7-8H,6,9-10H2,(H2,20,24). The van der Waals surface area contributed by atoms with E-state index in [9.17, 15) is 9.59 Å². The fourth-order valence-corrected chi connectivity index (χ4v) is 3.19. The highest BCUT2D eigenvalue weighted by molar-refractivity contribution is 6.31. The summed E-state index contributed by atoms with van der Waals surface area (Å²) in [5.41, 5.74) is 6.19. The molecule has 24 heavy (non-hydrogen) atoms. The van der Waals surface area contributed by atoms with E-state index in [1.807, 2.05) is 12.1 Å². The molecule has 0 atom stereocenters. The Labute approximate surface area is 149 Å². The number of benzene rings is 1. The lowest BCUT2D eigenvalue weighted by Crippen LogP contribution is -2.64. The number of carbonyl (C=O) groups is 2. The molecule has 124 valence electrons. The molecule has 1 saturated heterocycles. The van der Waals surface area contributed by atoms with E-state index >= 15 is 0 Å². The van der Waals surface area contributed by atoms with Gasteiger partial charge in [-0.25, -0.2) is 0 Å². The first kappa shape index (κ1) is 16.7. The molecule has 2 heterocycles. The predicted molar refractivity (Wildman–Crippen MR) is 91.9 cm³/mol. The van der Waals surface area contributed by atoms with Crippen molar-refractivity contribution in [1.82, 2.24) is 9.88 Å². The quantitative estimate of drug-likeness (QED) is 0.906. The Bertz CT molecular complexity index is 787. The summed E-state index contributed by atoms with van der Waals surface area (Å²) in [7, 11) is 0. The molecule has 1 fully saturated rings. The van der Waals surface area contributed by atoms with E-state index < -0.39 is 11.3 Å². The fraction of sp³-hybridized carbons (Fsp3) is 0.235. The monoisotopic (exact) mass is 363 g/mol. The van der Waals surface area contributed by atoms with Gasteiger partial charge in [-0.1, -0.05) is 35.3 Å². The number of pyridine rings is 1. The molecule has 1 aliphatic rings. The first-order chi connectivity index (χ1) is 11.4. The van der Waals surface area contributed by atoms with Gasteiger partial charge in [0.2, 0.25) is 5.91 Å². The van der Waals surface area contributed by atoms with E-state index in [1.54, 1.807) is 23.1 Å². The summed E-state index contributed by atoms with van der Waals surface area (Å²) in [6.07, 6.45) is 3.39. The van der Waals surface area contributed by atoms with Crippen LogP contribution in [0.1, 0.15) is 15.9 Å². The van der Waals surface area contributed by atoms with Crippen molar-refractivity contribution in [2.24, 2.45) is 11.1 Å². The molecule has 2 N–H and O–H groups in total. The molecule has 2 amide bonds. The minimum Gasteiger partial charge on any atom is -0.369 e. The number of hydrogen-bond donors (Lipinski definition) is 1. The maximum atomic E-state index is 12.4. The molecular formula is C17H15Cl2N3O2. The topological polar surface area (TPSA) is 76.3 Å². The van der Waals surface area contributed by atoms with Crippen LogP contribution in [-0.4, -0.2) is 34.8 Å². The van der Waals surface area contributed by atoms with Gasteiger partial charge in [-0.2, -0.15) is 0 Å². The van der Waals surface area contributed by atoms with Gasteiger partial charge in [0.1, 0.15) is 0 Å². The highest BCUT2D eigenvalue weighted by Crippen LogP contribution is 2.35. The first-order valence-corrected chi connectivity index (χ1v) is 8.09. The summed E-state index contributed by atoms with van der Waals surface area (Å²) < 4.78 is 0. The van der Waals surface area contributed by atoms with Crippen LogP contribution < -0.4 is 5.73 Å². The summed E-state index contributed by atoms with van der Waals surface area (Å²) in [5.74, 6) is -0.622. The molecule has 5 nitrogen and oxygen atoms in total. The summed E-state index contributed by atoms with van der Waals surface area (Å²) >= 11 is 11.7.